The van der Waals surface area contributed by atoms with Crippen LogP contribution in [0.15, 0.2) is 18.2 Å². The number of halogens is 1. The SMILES string of the molecule is COc1ccc(C(C)(C)CNCNN)c(Cl)c1. The summed E-state index contributed by atoms with van der Waals surface area (Å²) in [7, 11) is 1.63. The quantitative estimate of drug-likeness (QED) is 0.314. The highest BCUT2D eigenvalue weighted by atomic mass is 35.5. The zero-order chi connectivity index (χ0) is 12.9. The lowest BCUT2D eigenvalue weighted by molar-refractivity contribution is 0.413. The van der Waals surface area contributed by atoms with Gasteiger partial charge in [-0.25, -0.2) is 5.43 Å². The van der Waals surface area contributed by atoms with Crippen LogP contribution in [-0.2, 0) is 5.41 Å². The molecule has 1 aromatic carbocycles. The lowest BCUT2D eigenvalue weighted by Crippen LogP contribution is -2.40. The van der Waals surface area contributed by atoms with E-state index in [2.05, 4.69) is 24.6 Å². The molecule has 0 aromatic heterocycles. The van der Waals surface area contributed by atoms with Gasteiger partial charge in [-0.05, 0) is 17.7 Å². The smallest absolute Gasteiger partial charge is 0.120 e. The van der Waals surface area contributed by atoms with Crippen molar-refractivity contribution in [1.29, 1.82) is 0 Å². The van der Waals surface area contributed by atoms with E-state index >= 15 is 0 Å². The third-order valence-electron chi connectivity index (χ3n) is 2.70. The Morgan fingerprint density at radius 3 is 2.65 bits per heavy atom. The van der Waals surface area contributed by atoms with Crippen molar-refractivity contribution in [2.45, 2.75) is 19.3 Å². The highest BCUT2D eigenvalue weighted by molar-refractivity contribution is 6.31. The summed E-state index contributed by atoms with van der Waals surface area (Å²) in [6, 6.07) is 5.75. The van der Waals surface area contributed by atoms with Gasteiger partial charge >= 0.3 is 0 Å². The average molecular weight is 258 g/mol. The van der Waals surface area contributed by atoms with Crippen LogP contribution in [-0.4, -0.2) is 20.3 Å². The van der Waals surface area contributed by atoms with Crippen LogP contribution in [0.4, 0.5) is 0 Å². The standard InChI is InChI=1S/C12H20ClN3O/c1-12(2,7-15-8-16-14)10-5-4-9(17-3)6-11(10)13/h4-6,15-16H,7-8,14H2,1-3H3. The first-order valence-electron chi connectivity index (χ1n) is 5.49. The Hall–Kier alpha value is -0.810. The fourth-order valence-corrected chi connectivity index (χ4v) is 2.14. The molecule has 96 valence electrons. The Balaban J connectivity index is 2.82. The number of ether oxygens (including phenoxy) is 1. The fourth-order valence-electron chi connectivity index (χ4n) is 1.71. The lowest BCUT2D eigenvalue weighted by atomic mass is 9.84. The topological polar surface area (TPSA) is 59.3 Å². The Morgan fingerprint density at radius 2 is 2.12 bits per heavy atom. The molecule has 0 radical (unpaired) electrons. The third kappa shape index (κ3) is 3.85. The van der Waals surface area contributed by atoms with Gasteiger partial charge in [0.2, 0.25) is 0 Å². The van der Waals surface area contributed by atoms with Crippen LogP contribution < -0.4 is 21.3 Å². The zero-order valence-electron chi connectivity index (χ0n) is 10.5. The van der Waals surface area contributed by atoms with Crippen molar-refractivity contribution in [3.63, 3.8) is 0 Å². The molecule has 0 spiro atoms. The molecule has 0 unspecified atom stereocenters. The van der Waals surface area contributed by atoms with Crippen LogP contribution in [0.1, 0.15) is 19.4 Å². The Labute approximate surface area is 107 Å². The third-order valence-corrected chi connectivity index (χ3v) is 3.01. The molecule has 17 heavy (non-hydrogen) atoms. The highest BCUT2D eigenvalue weighted by Crippen LogP contribution is 2.32. The Morgan fingerprint density at radius 1 is 1.41 bits per heavy atom. The van der Waals surface area contributed by atoms with E-state index in [0.717, 1.165) is 22.9 Å². The predicted octanol–water partition coefficient (Wildman–Crippen LogP) is 1.64. The van der Waals surface area contributed by atoms with Crippen LogP contribution in [0, 0.1) is 0 Å². The van der Waals surface area contributed by atoms with Gasteiger partial charge in [0.05, 0.1) is 13.8 Å². The molecular formula is C12H20ClN3O. The summed E-state index contributed by atoms with van der Waals surface area (Å²) in [6.45, 7) is 5.61. The summed E-state index contributed by atoms with van der Waals surface area (Å²) in [4.78, 5) is 0. The van der Waals surface area contributed by atoms with Crippen LogP contribution in [0.3, 0.4) is 0 Å². The minimum atomic E-state index is -0.0692. The fraction of sp³-hybridized carbons (Fsp3) is 0.500. The van der Waals surface area contributed by atoms with E-state index < -0.39 is 0 Å². The maximum atomic E-state index is 6.26. The lowest BCUT2D eigenvalue weighted by Gasteiger charge is -2.27. The molecular weight excluding hydrogens is 238 g/mol. The van der Waals surface area contributed by atoms with Crippen molar-refractivity contribution in [3.8, 4) is 5.75 Å². The number of hydrogen-bond donors (Lipinski definition) is 3. The Bertz CT molecular complexity index is 369. The Kier molecular flexibility index (Phi) is 5.21. The molecule has 4 nitrogen and oxygen atoms in total. The largest absolute Gasteiger partial charge is 0.497 e. The first-order valence-corrected chi connectivity index (χ1v) is 5.87. The summed E-state index contributed by atoms with van der Waals surface area (Å²) in [6.07, 6.45) is 0. The van der Waals surface area contributed by atoms with Crippen LogP contribution in [0.5, 0.6) is 5.75 Å². The monoisotopic (exact) mass is 257 g/mol. The van der Waals surface area contributed by atoms with Crippen molar-refractivity contribution in [3.05, 3.63) is 28.8 Å². The van der Waals surface area contributed by atoms with Crippen LogP contribution in [0.25, 0.3) is 0 Å². The van der Waals surface area contributed by atoms with Gasteiger partial charge in [0.25, 0.3) is 0 Å². The number of hydrogen-bond acceptors (Lipinski definition) is 4. The van der Waals surface area contributed by atoms with E-state index in [-0.39, 0.29) is 5.41 Å². The summed E-state index contributed by atoms with van der Waals surface area (Å²) in [5.74, 6) is 5.98. The van der Waals surface area contributed by atoms with Gasteiger partial charge in [-0.15, -0.1) is 0 Å². The second-order valence-corrected chi connectivity index (χ2v) is 4.94. The molecule has 1 rings (SSSR count). The van der Waals surface area contributed by atoms with Gasteiger partial charge < -0.3 is 10.1 Å². The van der Waals surface area contributed by atoms with Gasteiger partial charge in [0.15, 0.2) is 0 Å². The van der Waals surface area contributed by atoms with E-state index in [0.29, 0.717) is 6.67 Å². The van der Waals surface area contributed by atoms with E-state index in [1.54, 1.807) is 7.11 Å². The van der Waals surface area contributed by atoms with Crippen molar-refractivity contribution in [1.82, 2.24) is 10.7 Å². The van der Waals surface area contributed by atoms with Gasteiger partial charge in [-0.3, -0.25) is 5.84 Å². The summed E-state index contributed by atoms with van der Waals surface area (Å²) in [5, 5.41) is 3.92. The molecule has 0 aliphatic rings. The van der Waals surface area contributed by atoms with E-state index in [4.69, 9.17) is 22.2 Å². The summed E-state index contributed by atoms with van der Waals surface area (Å²) < 4.78 is 5.13. The highest BCUT2D eigenvalue weighted by Gasteiger charge is 2.23. The molecule has 1 aromatic rings. The predicted molar refractivity (Wildman–Crippen MR) is 71.2 cm³/mol. The van der Waals surface area contributed by atoms with Crippen LogP contribution in [0.2, 0.25) is 5.02 Å². The number of nitrogens with two attached hydrogens (primary N) is 1. The molecule has 4 N–H and O–H groups in total. The molecule has 0 atom stereocenters. The summed E-state index contributed by atoms with van der Waals surface area (Å²) in [5.41, 5.74) is 3.58. The number of nitrogens with one attached hydrogen (secondary N) is 2. The van der Waals surface area contributed by atoms with Gasteiger partial charge in [0, 0.05) is 17.0 Å². The second-order valence-electron chi connectivity index (χ2n) is 4.54. The number of hydrazine groups is 1. The molecule has 0 bridgehead atoms. The maximum Gasteiger partial charge on any atom is 0.120 e. The molecule has 0 amide bonds. The van der Waals surface area contributed by atoms with Crippen molar-refractivity contribution >= 4 is 11.6 Å². The number of rotatable bonds is 6. The van der Waals surface area contributed by atoms with Crippen LogP contribution >= 0.6 is 11.6 Å². The first kappa shape index (κ1) is 14.3. The normalized spacial score (nSPS) is 11.6. The van der Waals surface area contributed by atoms with Gasteiger partial charge in [-0.1, -0.05) is 31.5 Å². The minimum Gasteiger partial charge on any atom is -0.497 e. The van der Waals surface area contributed by atoms with E-state index in [1.165, 1.54) is 0 Å². The molecule has 5 heteroatoms. The van der Waals surface area contributed by atoms with E-state index in [9.17, 15) is 0 Å². The van der Waals surface area contributed by atoms with Crippen molar-refractivity contribution in [2.24, 2.45) is 5.84 Å². The van der Waals surface area contributed by atoms with Crippen molar-refractivity contribution in [2.75, 3.05) is 20.3 Å². The molecule has 0 heterocycles. The second kappa shape index (κ2) is 6.21. The van der Waals surface area contributed by atoms with E-state index in [1.807, 2.05) is 18.2 Å². The van der Waals surface area contributed by atoms with Gasteiger partial charge in [0.1, 0.15) is 5.75 Å². The van der Waals surface area contributed by atoms with Crippen molar-refractivity contribution < 1.29 is 4.74 Å². The molecule has 0 saturated carbocycles. The number of benzene rings is 1. The number of methoxy groups -OCH3 is 1. The zero-order valence-corrected chi connectivity index (χ0v) is 11.3. The summed E-state index contributed by atoms with van der Waals surface area (Å²) >= 11 is 6.26. The maximum absolute atomic E-state index is 6.26. The van der Waals surface area contributed by atoms with Gasteiger partial charge in [-0.2, -0.15) is 0 Å². The molecule has 0 aliphatic heterocycles. The first-order chi connectivity index (χ1) is 8.01. The minimum absolute atomic E-state index is 0.0692. The molecule has 0 aliphatic carbocycles. The average Bonchev–Trinajstić information content (AvgIpc) is 2.28. The molecule has 0 saturated heterocycles. The molecule has 0 fully saturated rings.